The summed E-state index contributed by atoms with van der Waals surface area (Å²) in [5.41, 5.74) is 7.92. The molecule has 2 N–H and O–H groups in total. The SMILES string of the molecule is N[C@H]1Cn2c(nc3cncnc32)CC1c1cc(F)ccc1F. The van der Waals surface area contributed by atoms with Gasteiger partial charge in [0.05, 0.1) is 6.20 Å². The van der Waals surface area contributed by atoms with Crippen molar-refractivity contribution in [1.29, 1.82) is 0 Å². The minimum Gasteiger partial charge on any atom is -0.326 e. The van der Waals surface area contributed by atoms with E-state index in [9.17, 15) is 8.78 Å². The van der Waals surface area contributed by atoms with E-state index in [2.05, 4.69) is 15.0 Å². The quantitative estimate of drug-likeness (QED) is 0.743. The number of nitrogens with two attached hydrogens (primary N) is 1. The first-order chi connectivity index (χ1) is 10.6. The molecule has 0 radical (unpaired) electrons. The van der Waals surface area contributed by atoms with E-state index < -0.39 is 11.6 Å². The highest BCUT2D eigenvalue weighted by Crippen LogP contribution is 2.32. The van der Waals surface area contributed by atoms with Crippen molar-refractivity contribution in [3.63, 3.8) is 0 Å². The number of aromatic nitrogens is 4. The molecule has 0 bridgehead atoms. The van der Waals surface area contributed by atoms with Crippen LogP contribution in [0.4, 0.5) is 8.78 Å². The van der Waals surface area contributed by atoms with Crippen molar-refractivity contribution in [2.24, 2.45) is 5.73 Å². The van der Waals surface area contributed by atoms with Crippen molar-refractivity contribution in [2.45, 2.75) is 24.9 Å². The highest BCUT2D eigenvalue weighted by Gasteiger charge is 2.31. The Kier molecular flexibility index (Phi) is 2.90. The van der Waals surface area contributed by atoms with E-state index in [1.165, 1.54) is 12.4 Å². The zero-order valence-corrected chi connectivity index (χ0v) is 11.6. The maximum atomic E-state index is 14.0. The fraction of sp³-hybridized carbons (Fsp3) is 0.267. The second kappa shape index (κ2) is 4.81. The second-order valence-corrected chi connectivity index (χ2v) is 5.51. The zero-order valence-electron chi connectivity index (χ0n) is 11.6. The molecule has 0 fully saturated rings. The van der Waals surface area contributed by atoms with Gasteiger partial charge in [0.2, 0.25) is 0 Å². The molecule has 3 aromatic rings. The normalized spacial score (nSPS) is 21.0. The highest BCUT2D eigenvalue weighted by molar-refractivity contribution is 5.70. The number of hydrogen-bond acceptors (Lipinski definition) is 4. The molecule has 0 spiro atoms. The molecule has 112 valence electrons. The van der Waals surface area contributed by atoms with Crippen LogP contribution in [0.25, 0.3) is 11.2 Å². The summed E-state index contributed by atoms with van der Waals surface area (Å²) >= 11 is 0. The number of imidazole rings is 1. The summed E-state index contributed by atoms with van der Waals surface area (Å²) in [6.07, 6.45) is 3.54. The molecule has 3 heterocycles. The Labute approximate surface area is 124 Å². The number of rotatable bonds is 1. The van der Waals surface area contributed by atoms with Crippen molar-refractivity contribution in [3.05, 3.63) is 53.7 Å². The molecule has 2 aromatic heterocycles. The monoisotopic (exact) mass is 301 g/mol. The van der Waals surface area contributed by atoms with Gasteiger partial charge in [0.25, 0.3) is 0 Å². The van der Waals surface area contributed by atoms with Crippen LogP contribution < -0.4 is 5.73 Å². The van der Waals surface area contributed by atoms with E-state index in [1.54, 1.807) is 6.20 Å². The van der Waals surface area contributed by atoms with Gasteiger partial charge in [-0.25, -0.2) is 23.7 Å². The summed E-state index contributed by atoms with van der Waals surface area (Å²) in [5, 5.41) is 0. The van der Waals surface area contributed by atoms with E-state index in [0.29, 0.717) is 24.0 Å². The Hall–Kier alpha value is -2.41. The van der Waals surface area contributed by atoms with E-state index in [4.69, 9.17) is 5.73 Å². The van der Waals surface area contributed by atoms with E-state index in [1.807, 2.05) is 4.57 Å². The maximum Gasteiger partial charge on any atom is 0.163 e. The van der Waals surface area contributed by atoms with Gasteiger partial charge in [-0.2, -0.15) is 0 Å². The Morgan fingerprint density at radius 1 is 1.27 bits per heavy atom. The summed E-state index contributed by atoms with van der Waals surface area (Å²) in [5.74, 6) is -0.446. The molecule has 1 aliphatic rings. The van der Waals surface area contributed by atoms with Gasteiger partial charge in [-0.05, 0) is 23.8 Å². The lowest BCUT2D eigenvalue weighted by molar-refractivity contribution is 0.394. The molecule has 5 nitrogen and oxygen atoms in total. The largest absolute Gasteiger partial charge is 0.326 e. The van der Waals surface area contributed by atoms with Gasteiger partial charge in [-0.3, -0.25) is 0 Å². The third-order valence-electron chi connectivity index (χ3n) is 4.16. The van der Waals surface area contributed by atoms with Gasteiger partial charge < -0.3 is 10.3 Å². The first-order valence-electron chi connectivity index (χ1n) is 6.99. The molecule has 1 aliphatic heterocycles. The van der Waals surface area contributed by atoms with Gasteiger partial charge in [-0.15, -0.1) is 0 Å². The first kappa shape index (κ1) is 13.3. The molecule has 0 saturated carbocycles. The van der Waals surface area contributed by atoms with E-state index in [0.717, 1.165) is 23.6 Å². The fourth-order valence-electron chi connectivity index (χ4n) is 3.10. The molecule has 0 amide bonds. The molecule has 1 aromatic carbocycles. The molecule has 4 rings (SSSR count). The Morgan fingerprint density at radius 3 is 3.00 bits per heavy atom. The molecule has 7 heteroatoms. The van der Waals surface area contributed by atoms with Crippen molar-refractivity contribution in [2.75, 3.05) is 0 Å². The van der Waals surface area contributed by atoms with Crippen LogP contribution in [0.1, 0.15) is 17.3 Å². The van der Waals surface area contributed by atoms with Crippen molar-refractivity contribution >= 4 is 11.2 Å². The molecule has 22 heavy (non-hydrogen) atoms. The number of fused-ring (bicyclic) bond motifs is 3. The predicted octanol–water partition coefficient (Wildman–Crippen LogP) is 1.77. The Morgan fingerprint density at radius 2 is 2.14 bits per heavy atom. The van der Waals surface area contributed by atoms with Crippen LogP contribution >= 0.6 is 0 Å². The zero-order chi connectivity index (χ0) is 15.3. The average Bonchev–Trinajstić information content (AvgIpc) is 2.87. The molecular formula is C15H13F2N5. The number of nitrogens with zero attached hydrogens (tertiary/aromatic N) is 4. The predicted molar refractivity (Wildman–Crippen MR) is 76.1 cm³/mol. The summed E-state index contributed by atoms with van der Waals surface area (Å²) in [4.78, 5) is 12.7. The van der Waals surface area contributed by atoms with E-state index in [-0.39, 0.29) is 12.0 Å². The van der Waals surface area contributed by atoms with Crippen LogP contribution in [0, 0.1) is 11.6 Å². The van der Waals surface area contributed by atoms with Crippen LogP contribution in [0.3, 0.4) is 0 Å². The van der Waals surface area contributed by atoms with Gasteiger partial charge >= 0.3 is 0 Å². The molecule has 0 aliphatic carbocycles. The summed E-state index contributed by atoms with van der Waals surface area (Å²) in [6.45, 7) is 0.462. The van der Waals surface area contributed by atoms with Gasteiger partial charge in [0, 0.05) is 24.9 Å². The summed E-state index contributed by atoms with van der Waals surface area (Å²) in [7, 11) is 0. The summed E-state index contributed by atoms with van der Waals surface area (Å²) < 4.78 is 29.4. The molecule has 1 unspecified atom stereocenters. The van der Waals surface area contributed by atoms with Crippen LogP contribution in [-0.4, -0.2) is 25.6 Å². The topological polar surface area (TPSA) is 69.6 Å². The summed E-state index contributed by atoms with van der Waals surface area (Å²) in [6, 6.07) is 3.13. The van der Waals surface area contributed by atoms with Gasteiger partial charge in [0.1, 0.15) is 29.3 Å². The molecule has 2 atom stereocenters. The van der Waals surface area contributed by atoms with Crippen molar-refractivity contribution in [3.8, 4) is 0 Å². The standard InChI is InChI=1S/C15H13F2N5/c16-8-1-2-11(17)9(3-8)10-4-14-21-13-5-19-7-20-15(13)22(14)6-12(10)18/h1-3,5,7,10,12H,4,6,18H2/t10?,12-/m0/s1. The third kappa shape index (κ3) is 1.97. The highest BCUT2D eigenvalue weighted by atomic mass is 19.1. The van der Waals surface area contributed by atoms with Gasteiger partial charge in [-0.1, -0.05) is 0 Å². The van der Waals surface area contributed by atoms with Crippen LogP contribution in [0.2, 0.25) is 0 Å². The van der Waals surface area contributed by atoms with Crippen molar-refractivity contribution in [1.82, 2.24) is 19.5 Å². The lowest BCUT2D eigenvalue weighted by Gasteiger charge is -2.30. The van der Waals surface area contributed by atoms with E-state index >= 15 is 0 Å². The van der Waals surface area contributed by atoms with Crippen LogP contribution in [0.5, 0.6) is 0 Å². The number of halogens is 2. The average molecular weight is 301 g/mol. The number of hydrogen-bond donors (Lipinski definition) is 1. The Balaban J connectivity index is 1.80. The fourth-order valence-corrected chi connectivity index (χ4v) is 3.10. The lowest BCUT2D eigenvalue weighted by atomic mass is 9.86. The molecule has 0 saturated heterocycles. The minimum atomic E-state index is -0.464. The molecular weight excluding hydrogens is 288 g/mol. The maximum absolute atomic E-state index is 14.0. The minimum absolute atomic E-state index is 0.303. The third-order valence-corrected chi connectivity index (χ3v) is 4.16. The van der Waals surface area contributed by atoms with Crippen LogP contribution in [0.15, 0.2) is 30.7 Å². The smallest absolute Gasteiger partial charge is 0.163 e. The van der Waals surface area contributed by atoms with Gasteiger partial charge in [0.15, 0.2) is 5.65 Å². The first-order valence-corrected chi connectivity index (χ1v) is 6.99. The Bertz CT molecular complexity index is 860. The van der Waals surface area contributed by atoms with Crippen molar-refractivity contribution < 1.29 is 8.78 Å². The lowest BCUT2D eigenvalue weighted by Crippen LogP contribution is -2.39. The van der Waals surface area contributed by atoms with Crippen LogP contribution in [-0.2, 0) is 13.0 Å². The number of benzene rings is 1. The second-order valence-electron chi connectivity index (χ2n) is 5.51.